The molecule has 3 aromatic rings. The van der Waals surface area contributed by atoms with Gasteiger partial charge in [0.1, 0.15) is 11.9 Å². The molecule has 0 aliphatic carbocycles. The lowest BCUT2D eigenvalue weighted by Crippen LogP contribution is -2.50. The minimum Gasteiger partial charge on any atom is -0.497 e. The average Bonchev–Trinajstić information content (AvgIpc) is 2.85. The third kappa shape index (κ3) is 3.65. The molecule has 1 amide bonds. The summed E-state index contributed by atoms with van der Waals surface area (Å²) in [6, 6.07) is 22.9. The van der Waals surface area contributed by atoms with Gasteiger partial charge in [-0.2, -0.15) is 0 Å². The lowest BCUT2D eigenvalue weighted by atomic mass is 9.89. The molecule has 33 heavy (non-hydrogen) atoms. The van der Waals surface area contributed by atoms with Crippen LogP contribution in [-0.4, -0.2) is 40.7 Å². The molecule has 170 valence electrons. The number of carbonyl (C=O) groups is 1. The van der Waals surface area contributed by atoms with Crippen molar-refractivity contribution >= 4 is 23.0 Å². The quantitative estimate of drug-likeness (QED) is 0.626. The van der Waals surface area contributed by atoms with Gasteiger partial charge in [0.2, 0.25) is 0 Å². The molecule has 0 bridgehead atoms. The number of rotatable bonds is 5. The van der Waals surface area contributed by atoms with E-state index >= 15 is 0 Å². The maximum atomic E-state index is 13.1. The maximum Gasteiger partial charge on any atom is 0.255 e. The van der Waals surface area contributed by atoms with E-state index < -0.39 is 0 Å². The summed E-state index contributed by atoms with van der Waals surface area (Å²) in [5.74, 6) is 0.783. The number of nitrogens with zero attached hydrogens (tertiary/aromatic N) is 3. The van der Waals surface area contributed by atoms with Gasteiger partial charge in [0.05, 0.1) is 24.4 Å². The summed E-state index contributed by atoms with van der Waals surface area (Å²) in [7, 11) is 7.91. The van der Waals surface area contributed by atoms with Crippen LogP contribution in [0.15, 0.2) is 66.7 Å². The first-order chi connectivity index (χ1) is 16.0. The van der Waals surface area contributed by atoms with Crippen molar-refractivity contribution in [2.24, 2.45) is 0 Å². The van der Waals surface area contributed by atoms with E-state index in [0.29, 0.717) is 0 Å². The van der Waals surface area contributed by atoms with E-state index in [0.717, 1.165) is 35.5 Å². The Labute approximate surface area is 195 Å². The van der Waals surface area contributed by atoms with Gasteiger partial charge < -0.3 is 24.8 Å². The van der Waals surface area contributed by atoms with Crippen molar-refractivity contribution in [3.05, 3.63) is 83.4 Å². The van der Waals surface area contributed by atoms with E-state index in [9.17, 15) is 4.79 Å². The second-order valence-electron chi connectivity index (χ2n) is 8.91. The van der Waals surface area contributed by atoms with Crippen LogP contribution in [-0.2, 0) is 0 Å². The molecule has 2 unspecified atom stereocenters. The van der Waals surface area contributed by atoms with Crippen molar-refractivity contribution in [1.29, 1.82) is 0 Å². The fourth-order valence-electron chi connectivity index (χ4n) is 5.02. The van der Waals surface area contributed by atoms with Gasteiger partial charge in [0.15, 0.2) is 0 Å². The van der Waals surface area contributed by atoms with E-state index in [2.05, 4.69) is 71.5 Å². The molecule has 2 atom stereocenters. The summed E-state index contributed by atoms with van der Waals surface area (Å²) in [5, 5.41) is 3.21. The molecule has 3 aromatic carbocycles. The number of amides is 1. The molecule has 0 saturated heterocycles. The highest BCUT2D eigenvalue weighted by Gasteiger charge is 2.39. The number of nitrogens with one attached hydrogen (secondary N) is 1. The minimum atomic E-state index is -0.192. The molecular formula is C27H30N4O2. The lowest BCUT2D eigenvalue weighted by Gasteiger charge is -2.47. The smallest absolute Gasteiger partial charge is 0.255 e. The summed E-state index contributed by atoms with van der Waals surface area (Å²) in [6.07, 6.45) is 0.771. The Morgan fingerprint density at radius 3 is 2.30 bits per heavy atom. The van der Waals surface area contributed by atoms with Crippen molar-refractivity contribution < 1.29 is 9.53 Å². The van der Waals surface area contributed by atoms with E-state index in [1.54, 1.807) is 7.11 Å². The van der Waals surface area contributed by atoms with Gasteiger partial charge in [-0.05, 0) is 60.0 Å². The van der Waals surface area contributed by atoms with Gasteiger partial charge in [0, 0.05) is 39.1 Å². The number of para-hydroxylation sites is 1. The second kappa shape index (κ2) is 8.35. The molecule has 6 heteroatoms. The highest BCUT2D eigenvalue weighted by molar-refractivity contribution is 6.03. The molecule has 2 aliphatic heterocycles. The molecule has 5 rings (SSSR count). The Hall–Kier alpha value is -3.67. The van der Waals surface area contributed by atoms with Crippen LogP contribution in [0.1, 0.15) is 40.1 Å². The monoisotopic (exact) mass is 442 g/mol. The summed E-state index contributed by atoms with van der Waals surface area (Å²) in [6.45, 7) is 0.853. The number of ether oxygens (including phenoxy) is 1. The fourth-order valence-corrected chi connectivity index (χ4v) is 5.02. The van der Waals surface area contributed by atoms with Crippen LogP contribution in [0.4, 0.5) is 17.1 Å². The van der Waals surface area contributed by atoms with Crippen LogP contribution in [0.5, 0.6) is 5.75 Å². The zero-order chi connectivity index (χ0) is 23.1. The van der Waals surface area contributed by atoms with Crippen molar-refractivity contribution in [2.45, 2.75) is 18.6 Å². The van der Waals surface area contributed by atoms with Gasteiger partial charge in [-0.3, -0.25) is 4.79 Å². The number of methoxy groups -OCH3 is 1. The summed E-state index contributed by atoms with van der Waals surface area (Å²) in [5.41, 5.74) is 6.40. The average molecular weight is 443 g/mol. The first-order valence-corrected chi connectivity index (χ1v) is 11.3. The Bertz CT molecular complexity index is 1160. The molecular weight excluding hydrogens is 412 g/mol. The van der Waals surface area contributed by atoms with E-state index in [1.165, 1.54) is 16.9 Å². The van der Waals surface area contributed by atoms with E-state index in [4.69, 9.17) is 4.74 Å². The third-order valence-corrected chi connectivity index (χ3v) is 6.85. The number of hydrogen-bond acceptors (Lipinski definition) is 5. The van der Waals surface area contributed by atoms with Crippen LogP contribution in [0, 0.1) is 0 Å². The van der Waals surface area contributed by atoms with Crippen molar-refractivity contribution in [1.82, 2.24) is 5.32 Å². The zero-order valence-corrected chi connectivity index (χ0v) is 19.6. The fraction of sp³-hybridized carbons (Fsp3) is 0.296. The Balaban J connectivity index is 1.51. The Morgan fingerprint density at radius 1 is 0.939 bits per heavy atom. The topological polar surface area (TPSA) is 48.1 Å². The van der Waals surface area contributed by atoms with Crippen LogP contribution in [0.25, 0.3) is 0 Å². The van der Waals surface area contributed by atoms with Crippen molar-refractivity contribution in [3.8, 4) is 5.75 Å². The first-order valence-electron chi connectivity index (χ1n) is 11.3. The van der Waals surface area contributed by atoms with Crippen LogP contribution in [0.2, 0.25) is 0 Å². The van der Waals surface area contributed by atoms with Gasteiger partial charge in [-0.25, -0.2) is 0 Å². The van der Waals surface area contributed by atoms with E-state index in [-0.39, 0.29) is 18.1 Å². The highest BCUT2D eigenvalue weighted by Crippen LogP contribution is 2.45. The predicted molar refractivity (Wildman–Crippen MR) is 134 cm³/mol. The molecule has 0 fully saturated rings. The molecule has 0 aromatic heterocycles. The second-order valence-corrected chi connectivity index (χ2v) is 8.91. The highest BCUT2D eigenvalue weighted by atomic mass is 16.5. The van der Waals surface area contributed by atoms with Crippen LogP contribution >= 0.6 is 0 Å². The number of carbonyl (C=O) groups excluding carboxylic acids is 1. The molecule has 0 spiro atoms. The standard InChI is InChI=1S/C27H30N4O2/c1-29(2)19-10-12-20(13-11-19)30(3)24-16-17-31-25-22(24)6-5-7-23(25)27(32)28-26(31)18-8-14-21(33-4)15-9-18/h5-15,24,26H,16-17H2,1-4H3,(H,28,32). The number of benzene rings is 3. The van der Waals surface area contributed by atoms with Gasteiger partial charge in [-0.15, -0.1) is 0 Å². The van der Waals surface area contributed by atoms with Gasteiger partial charge >= 0.3 is 0 Å². The third-order valence-electron chi connectivity index (χ3n) is 6.85. The number of hydrogen-bond donors (Lipinski definition) is 1. The molecule has 2 aliphatic rings. The van der Waals surface area contributed by atoms with Gasteiger partial charge in [0.25, 0.3) is 5.91 Å². The Morgan fingerprint density at radius 2 is 1.64 bits per heavy atom. The molecule has 6 nitrogen and oxygen atoms in total. The SMILES string of the molecule is COc1ccc(C2NC(=O)c3cccc4c3N2CCC4N(C)c2ccc(N(C)C)cc2)cc1. The van der Waals surface area contributed by atoms with Crippen molar-refractivity contribution in [3.63, 3.8) is 0 Å². The molecule has 1 N–H and O–H groups in total. The molecule has 0 radical (unpaired) electrons. The summed E-state index contributed by atoms with van der Waals surface area (Å²) in [4.78, 5) is 19.9. The lowest BCUT2D eigenvalue weighted by molar-refractivity contribution is 0.0925. The first kappa shape index (κ1) is 21.2. The molecule has 2 heterocycles. The van der Waals surface area contributed by atoms with E-state index in [1.807, 2.05) is 36.4 Å². The van der Waals surface area contributed by atoms with Crippen LogP contribution < -0.4 is 24.8 Å². The largest absolute Gasteiger partial charge is 0.497 e. The summed E-state index contributed by atoms with van der Waals surface area (Å²) >= 11 is 0. The normalized spacial score (nSPS) is 18.9. The molecule has 0 saturated carbocycles. The Kier molecular flexibility index (Phi) is 5.36. The number of anilines is 3. The zero-order valence-electron chi connectivity index (χ0n) is 19.6. The van der Waals surface area contributed by atoms with Crippen LogP contribution in [0.3, 0.4) is 0 Å². The minimum absolute atomic E-state index is 0.0254. The predicted octanol–water partition coefficient (Wildman–Crippen LogP) is 4.59. The maximum absolute atomic E-state index is 13.1. The van der Waals surface area contributed by atoms with Gasteiger partial charge in [-0.1, -0.05) is 24.3 Å². The summed E-state index contributed by atoms with van der Waals surface area (Å²) < 4.78 is 5.31. The van der Waals surface area contributed by atoms with Crippen molar-refractivity contribution in [2.75, 3.05) is 49.5 Å².